The van der Waals surface area contributed by atoms with Gasteiger partial charge in [-0.25, -0.2) is 0 Å². The number of nitrogens with one attached hydrogen (secondary N) is 1. The molecule has 0 spiro atoms. The lowest BCUT2D eigenvalue weighted by Gasteiger charge is -2.56. The first-order chi connectivity index (χ1) is 15.7. The minimum absolute atomic E-state index is 0.0130. The quantitative estimate of drug-likeness (QED) is 0.704. The van der Waals surface area contributed by atoms with Crippen LogP contribution in [0.4, 0.5) is 0 Å². The van der Waals surface area contributed by atoms with Gasteiger partial charge < -0.3 is 15.3 Å². The molecule has 2 aliphatic carbocycles. The van der Waals surface area contributed by atoms with E-state index in [2.05, 4.69) is 26.1 Å². The lowest BCUT2D eigenvalue weighted by atomic mass is 9.51. The highest BCUT2D eigenvalue weighted by Crippen LogP contribution is 2.55. The summed E-state index contributed by atoms with van der Waals surface area (Å²) in [6, 6.07) is 9.40. The van der Waals surface area contributed by atoms with Gasteiger partial charge in [-0.2, -0.15) is 0 Å². The molecule has 2 saturated carbocycles. The number of rotatable bonds is 4. The first kappa shape index (κ1) is 24.3. The number of hydrogen-bond donors (Lipinski definition) is 2. The van der Waals surface area contributed by atoms with E-state index in [0.29, 0.717) is 11.5 Å². The molecule has 1 aromatic carbocycles. The normalized spacial score (nSPS) is 36.0. The van der Waals surface area contributed by atoms with Crippen LogP contribution in [0, 0.1) is 35.0 Å². The third-order valence-corrected chi connectivity index (χ3v) is 9.37. The Labute approximate surface area is 199 Å². The second-order valence-corrected chi connectivity index (χ2v) is 11.5. The molecular formula is C28H42N2O3. The second-order valence-electron chi connectivity index (χ2n) is 11.5. The van der Waals surface area contributed by atoms with Crippen LogP contribution in [0.3, 0.4) is 0 Å². The van der Waals surface area contributed by atoms with Crippen molar-refractivity contribution in [3.63, 3.8) is 0 Å². The molecule has 33 heavy (non-hydrogen) atoms. The highest BCUT2D eigenvalue weighted by molar-refractivity contribution is 5.94. The van der Waals surface area contributed by atoms with Crippen LogP contribution in [-0.2, 0) is 4.79 Å². The van der Waals surface area contributed by atoms with Crippen LogP contribution < -0.4 is 5.32 Å². The average molecular weight is 455 g/mol. The van der Waals surface area contributed by atoms with Crippen molar-refractivity contribution >= 4 is 11.8 Å². The number of carbonyl (C=O) groups is 2. The largest absolute Gasteiger partial charge is 0.392 e. The van der Waals surface area contributed by atoms with E-state index < -0.39 is 6.10 Å². The minimum atomic E-state index is -0.516. The predicted molar refractivity (Wildman–Crippen MR) is 131 cm³/mol. The molecule has 1 aromatic rings. The Bertz CT molecular complexity index is 835. The van der Waals surface area contributed by atoms with E-state index in [1.807, 2.05) is 42.2 Å². The monoisotopic (exact) mass is 454 g/mol. The van der Waals surface area contributed by atoms with E-state index in [0.717, 1.165) is 51.6 Å². The van der Waals surface area contributed by atoms with E-state index >= 15 is 0 Å². The standard InChI is InChI=1S/C28H42N2O3/c1-18-12-16-30(17-13-18)27(33)19(2)22-10-14-28(4)15-11-23(20(3)24(28)25(22)31)29-26(32)21-8-6-5-7-9-21/h5-9,18-20,22-25,31H,10-17H2,1-4H3,(H,29,32)/t19-,20+,22-,23-,24+,25-,28-/m0/s1. The molecular weight excluding hydrogens is 412 g/mol. The number of hydrogen-bond acceptors (Lipinski definition) is 3. The van der Waals surface area contributed by atoms with Crippen LogP contribution >= 0.6 is 0 Å². The summed E-state index contributed by atoms with van der Waals surface area (Å²) in [5, 5.41) is 14.9. The third-order valence-electron chi connectivity index (χ3n) is 9.37. The molecule has 7 atom stereocenters. The maximum absolute atomic E-state index is 13.3. The lowest BCUT2D eigenvalue weighted by Crippen LogP contribution is -2.58. The van der Waals surface area contributed by atoms with Crippen molar-refractivity contribution in [1.29, 1.82) is 0 Å². The molecule has 3 fully saturated rings. The Hall–Kier alpha value is -1.88. The molecule has 2 amide bonds. The zero-order valence-corrected chi connectivity index (χ0v) is 20.8. The number of likely N-dealkylation sites (tertiary alicyclic amines) is 1. The highest BCUT2D eigenvalue weighted by atomic mass is 16.3. The van der Waals surface area contributed by atoms with Crippen molar-refractivity contribution in [3.05, 3.63) is 35.9 Å². The summed E-state index contributed by atoms with van der Waals surface area (Å²) in [6.07, 6.45) is 5.51. The van der Waals surface area contributed by atoms with Gasteiger partial charge in [-0.3, -0.25) is 9.59 Å². The molecule has 1 aliphatic heterocycles. The summed E-state index contributed by atoms with van der Waals surface area (Å²) < 4.78 is 0. The molecule has 0 bridgehead atoms. The zero-order valence-electron chi connectivity index (χ0n) is 20.8. The van der Waals surface area contributed by atoms with Gasteiger partial charge in [0.05, 0.1) is 6.10 Å². The van der Waals surface area contributed by atoms with Crippen LogP contribution in [0.25, 0.3) is 0 Å². The van der Waals surface area contributed by atoms with E-state index in [4.69, 9.17) is 0 Å². The van der Waals surface area contributed by atoms with Crippen LogP contribution in [0.15, 0.2) is 30.3 Å². The van der Waals surface area contributed by atoms with Crippen molar-refractivity contribution in [2.45, 2.75) is 78.4 Å². The van der Waals surface area contributed by atoms with Gasteiger partial charge in [0.1, 0.15) is 0 Å². The van der Waals surface area contributed by atoms with Crippen molar-refractivity contribution < 1.29 is 14.7 Å². The number of aliphatic hydroxyl groups excluding tert-OH is 1. The van der Waals surface area contributed by atoms with Gasteiger partial charge in [-0.05, 0) is 79.7 Å². The van der Waals surface area contributed by atoms with Crippen LogP contribution in [0.5, 0.6) is 0 Å². The molecule has 3 aliphatic rings. The van der Waals surface area contributed by atoms with Gasteiger partial charge >= 0.3 is 0 Å². The maximum Gasteiger partial charge on any atom is 0.251 e. The summed E-state index contributed by atoms with van der Waals surface area (Å²) in [5.74, 6) is 0.935. The minimum Gasteiger partial charge on any atom is -0.392 e. The van der Waals surface area contributed by atoms with E-state index in [-0.39, 0.29) is 46.9 Å². The molecule has 2 N–H and O–H groups in total. The number of benzene rings is 1. The smallest absolute Gasteiger partial charge is 0.251 e. The Morgan fingerprint density at radius 3 is 2.36 bits per heavy atom. The fourth-order valence-corrected chi connectivity index (χ4v) is 7.04. The number of piperidine rings is 1. The number of carbonyl (C=O) groups excluding carboxylic acids is 2. The van der Waals surface area contributed by atoms with Gasteiger partial charge in [0.2, 0.25) is 5.91 Å². The maximum atomic E-state index is 13.3. The lowest BCUT2D eigenvalue weighted by molar-refractivity contribution is -0.151. The molecule has 1 heterocycles. The number of nitrogens with zero attached hydrogens (tertiary/aromatic N) is 1. The van der Waals surface area contributed by atoms with Crippen molar-refractivity contribution in [3.8, 4) is 0 Å². The molecule has 1 saturated heterocycles. The predicted octanol–water partition coefficient (Wildman–Crippen LogP) is 4.50. The summed E-state index contributed by atoms with van der Waals surface area (Å²) in [7, 11) is 0. The molecule has 0 aromatic heterocycles. The molecule has 0 radical (unpaired) electrons. The van der Waals surface area contributed by atoms with Crippen LogP contribution in [0.2, 0.25) is 0 Å². The van der Waals surface area contributed by atoms with Gasteiger partial charge in [0.15, 0.2) is 0 Å². The first-order valence-corrected chi connectivity index (χ1v) is 13.0. The van der Waals surface area contributed by atoms with Crippen molar-refractivity contribution in [2.75, 3.05) is 13.1 Å². The highest BCUT2D eigenvalue weighted by Gasteiger charge is 2.54. The molecule has 5 heteroatoms. The fourth-order valence-electron chi connectivity index (χ4n) is 7.04. The number of fused-ring (bicyclic) bond motifs is 1. The topological polar surface area (TPSA) is 69.6 Å². The van der Waals surface area contributed by atoms with Crippen molar-refractivity contribution in [1.82, 2.24) is 10.2 Å². The summed E-state index contributed by atoms with van der Waals surface area (Å²) >= 11 is 0. The van der Waals surface area contributed by atoms with E-state index in [9.17, 15) is 14.7 Å². The SMILES string of the molecule is CC1CCN(C(=O)[C@@H](C)[C@@H]2CC[C@@]3(C)CC[C@H](NC(=O)c4ccccc4)[C@@H](C)[C@@H]3[C@H]2O)CC1. The van der Waals surface area contributed by atoms with Gasteiger partial charge in [0, 0.05) is 30.6 Å². The first-order valence-electron chi connectivity index (χ1n) is 13.0. The van der Waals surface area contributed by atoms with Gasteiger partial charge in [-0.15, -0.1) is 0 Å². The van der Waals surface area contributed by atoms with Gasteiger partial charge in [0.25, 0.3) is 5.91 Å². The van der Waals surface area contributed by atoms with E-state index in [1.165, 1.54) is 0 Å². The zero-order chi connectivity index (χ0) is 23.8. The third kappa shape index (κ3) is 4.84. The molecule has 0 unspecified atom stereocenters. The fraction of sp³-hybridized carbons (Fsp3) is 0.714. The Balaban J connectivity index is 1.45. The Morgan fingerprint density at radius 2 is 1.70 bits per heavy atom. The number of amides is 2. The summed E-state index contributed by atoms with van der Waals surface area (Å²) in [6.45, 7) is 10.5. The van der Waals surface area contributed by atoms with E-state index in [1.54, 1.807) is 0 Å². The van der Waals surface area contributed by atoms with Crippen LogP contribution in [-0.4, -0.2) is 47.1 Å². The van der Waals surface area contributed by atoms with Crippen LogP contribution in [0.1, 0.15) is 76.6 Å². The molecule has 4 rings (SSSR count). The second kappa shape index (κ2) is 9.77. The number of aliphatic hydroxyl groups is 1. The summed E-state index contributed by atoms with van der Waals surface area (Å²) in [4.78, 5) is 28.1. The summed E-state index contributed by atoms with van der Waals surface area (Å²) in [5.41, 5.74) is 0.738. The average Bonchev–Trinajstić information content (AvgIpc) is 2.81. The van der Waals surface area contributed by atoms with Gasteiger partial charge in [-0.1, -0.05) is 45.9 Å². The molecule has 182 valence electrons. The van der Waals surface area contributed by atoms with Crippen molar-refractivity contribution in [2.24, 2.45) is 35.0 Å². The Kier molecular flexibility index (Phi) is 7.18. The Morgan fingerprint density at radius 1 is 1.06 bits per heavy atom. The molecule has 5 nitrogen and oxygen atoms in total.